The number of fused-ring (bicyclic) bond motifs is 2. The topological polar surface area (TPSA) is 69.3 Å². The van der Waals surface area contributed by atoms with Gasteiger partial charge in [-0.3, -0.25) is 9.69 Å². The third-order valence-electron chi connectivity index (χ3n) is 4.38. The summed E-state index contributed by atoms with van der Waals surface area (Å²) < 4.78 is 23.0. The van der Waals surface area contributed by atoms with Crippen LogP contribution >= 0.6 is 15.9 Å². The summed E-state index contributed by atoms with van der Waals surface area (Å²) in [4.78, 5) is 14.4. The molecule has 2 heterocycles. The highest BCUT2D eigenvalue weighted by Crippen LogP contribution is 2.38. The van der Waals surface area contributed by atoms with E-state index in [1.807, 2.05) is 36.2 Å². The fourth-order valence-corrected chi connectivity index (χ4v) is 3.57. The number of anilines is 1. The molecule has 2 aliphatic heterocycles. The van der Waals surface area contributed by atoms with E-state index in [1.54, 1.807) is 6.07 Å². The molecule has 2 aliphatic rings. The zero-order chi connectivity index (χ0) is 19.5. The van der Waals surface area contributed by atoms with Crippen molar-refractivity contribution in [3.63, 3.8) is 0 Å². The molecule has 0 radical (unpaired) electrons. The monoisotopic (exact) mass is 448 g/mol. The van der Waals surface area contributed by atoms with E-state index in [2.05, 4.69) is 21.2 Å². The second-order valence-electron chi connectivity index (χ2n) is 6.67. The fourth-order valence-electron chi connectivity index (χ4n) is 3.15. The minimum absolute atomic E-state index is 0.113. The molecule has 8 heteroatoms. The smallest absolute Gasteiger partial charge is 0.238 e. The molecule has 1 amide bonds. The van der Waals surface area contributed by atoms with Crippen LogP contribution in [0.25, 0.3) is 0 Å². The summed E-state index contributed by atoms with van der Waals surface area (Å²) in [7, 11) is 1.90. The van der Waals surface area contributed by atoms with Gasteiger partial charge in [0.05, 0.1) is 12.2 Å². The highest BCUT2D eigenvalue weighted by atomic mass is 79.9. The molecule has 0 saturated carbocycles. The first-order chi connectivity index (χ1) is 13.6. The Morgan fingerprint density at radius 2 is 1.57 bits per heavy atom. The molecule has 0 fully saturated rings. The van der Waals surface area contributed by atoms with E-state index in [9.17, 15) is 4.79 Å². The molecule has 2 aromatic carbocycles. The van der Waals surface area contributed by atoms with Crippen molar-refractivity contribution in [2.24, 2.45) is 0 Å². The lowest BCUT2D eigenvalue weighted by molar-refractivity contribution is -0.117. The summed E-state index contributed by atoms with van der Waals surface area (Å²) in [5.41, 5.74) is 1.71. The number of nitrogens with zero attached hydrogens (tertiary/aromatic N) is 1. The van der Waals surface area contributed by atoms with Gasteiger partial charge in [-0.1, -0.05) is 6.07 Å². The van der Waals surface area contributed by atoms with Crippen LogP contribution in [0.15, 0.2) is 34.8 Å². The summed E-state index contributed by atoms with van der Waals surface area (Å²) in [6, 6.07) is 9.43. The number of carbonyl (C=O) groups is 1. The molecule has 0 aromatic heterocycles. The van der Waals surface area contributed by atoms with Crippen LogP contribution < -0.4 is 24.3 Å². The van der Waals surface area contributed by atoms with Crippen molar-refractivity contribution >= 4 is 27.5 Å². The SMILES string of the molecule is CN(CC(=O)Nc1cc2c(cc1Br)OCCO2)Cc1ccc2c(c1)OCCO2. The Labute approximate surface area is 171 Å². The standard InChI is InChI=1S/C20H21BrN2O5/c1-23(11-13-2-3-16-17(8-13)26-5-4-25-16)12-20(24)22-15-10-19-18(9-14(15)21)27-6-7-28-19/h2-3,8-10H,4-7,11-12H2,1H3,(H,22,24). The molecule has 148 valence electrons. The minimum Gasteiger partial charge on any atom is -0.486 e. The van der Waals surface area contributed by atoms with E-state index < -0.39 is 0 Å². The third kappa shape index (κ3) is 4.34. The van der Waals surface area contributed by atoms with Crippen molar-refractivity contribution in [3.8, 4) is 23.0 Å². The van der Waals surface area contributed by atoms with Gasteiger partial charge in [-0.2, -0.15) is 0 Å². The van der Waals surface area contributed by atoms with Crippen LogP contribution in [-0.2, 0) is 11.3 Å². The van der Waals surface area contributed by atoms with Crippen LogP contribution in [0.1, 0.15) is 5.56 Å². The van der Waals surface area contributed by atoms with Crippen molar-refractivity contribution < 1.29 is 23.7 Å². The lowest BCUT2D eigenvalue weighted by Crippen LogP contribution is -2.30. The van der Waals surface area contributed by atoms with Crippen molar-refractivity contribution in [3.05, 3.63) is 40.4 Å². The molecule has 7 nitrogen and oxygen atoms in total. The van der Waals surface area contributed by atoms with E-state index in [-0.39, 0.29) is 12.5 Å². The van der Waals surface area contributed by atoms with Crippen LogP contribution in [0.4, 0.5) is 5.69 Å². The van der Waals surface area contributed by atoms with Gasteiger partial charge in [0.15, 0.2) is 23.0 Å². The van der Waals surface area contributed by atoms with E-state index in [0.29, 0.717) is 50.2 Å². The summed E-state index contributed by atoms with van der Waals surface area (Å²) in [6.45, 7) is 3.01. The van der Waals surface area contributed by atoms with Crippen molar-refractivity contribution in [2.75, 3.05) is 45.3 Å². The molecule has 0 bridgehead atoms. The van der Waals surface area contributed by atoms with Crippen LogP contribution in [0.3, 0.4) is 0 Å². The first-order valence-electron chi connectivity index (χ1n) is 9.04. The first-order valence-corrected chi connectivity index (χ1v) is 9.84. The van der Waals surface area contributed by atoms with Gasteiger partial charge in [0.2, 0.25) is 5.91 Å². The molecule has 0 spiro atoms. The number of hydrogen-bond donors (Lipinski definition) is 1. The lowest BCUT2D eigenvalue weighted by atomic mass is 10.2. The zero-order valence-corrected chi connectivity index (χ0v) is 17.1. The Bertz CT molecular complexity index is 889. The van der Waals surface area contributed by atoms with E-state index >= 15 is 0 Å². The average molecular weight is 449 g/mol. The molecule has 0 atom stereocenters. The third-order valence-corrected chi connectivity index (χ3v) is 5.03. The minimum atomic E-state index is -0.113. The van der Waals surface area contributed by atoms with Gasteiger partial charge in [-0.15, -0.1) is 0 Å². The maximum absolute atomic E-state index is 12.5. The van der Waals surface area contributed by atoms with Gasteiger partial charge in [-0.25, -0.2) is 0 Å². The van der Waals surface area contributed by atoms with Gasteiger partial charge < -0.3 is 24.3 Å². The van der Waals surface area contributed by atoms with Crippen molar-refractivity contribution in [1.82, 2.24) is 4.90 Å². The molecular formula is C20H21BrN2O5. The Morgan fingerprint density at radius 1 is 0.964 bits per heavy atom. The number of carbonyl (C=O) groups excluding carboxylic acids is 1. The zero-order valence-electron chi connectivity index (χ0n) is 15.5. The Morgan fingerprint density at radius 3 is 2.29 bits per heavy atom. The first kappa shape index (κ1) is 18.9. The number of benzene rings is 2. The molecular weight excluding hydrogens is 428 g/mol. The Hall–Kier alpha value is -2.45. The van der Waals surface area contributed by atoms with E-state index in [4.69, 9.17) is 18.9 Å². The molecule has 2 aromatic rings. The molecule has 4 rings (SSSR count). The summed E-state index contributed by atoms with van der Waals surface area (Å²) in [5.74, 6) is 2.71. The maximum atomic E-state index is 12.5. The molecule has 0 unspecified atom stereocenters. The van der Waals surface area contributed by atoms with Crippen molar-refractivity contribution in [2.45, 2.75) is 6.54 Å². The van der Waals surface area contributed by atoms with Crippen LogP contribution in [0.2, 0.25) is 0 Å². The lowest BCUT2D eigenvalue weighted by Gasteiger charge is -2.22. The van der Waals surface area contributed by atoms with Gasteiger partial charge in [0.1, 0.15) is 26.4 Å². The van der Waals surface area contributed by atoms with Crippen LogP contribution in [-0.4, -0.2) is 50.8 Å². The predicted molar refractivity (Wildman–Crippen MR) is 108 cm³/mol. The second-order valence-corrected chi connectivity index (χ2v) is 7.53. The number of hydrogen-bond acceptors (Lipinski definition) is 6. The van der Waals surface area contributed by atoms with E-state index in [0.717, 1.165) is 21.5 Å². The Balaban J connectivity index is 1.36. The normalized spacial score (nSPS) is 14.7. The number of likely N-dealkylation sites (N-methyl/N-ethyl adjacent to an activating group) is 1. The fraction of sp³-hybridized carbons (Fsp3) is 0.350. The Kier molecular flexibility index (Phi) is 5.59. The van der Waals surface area contributed by atoms with Gasteiger partial charge in [-0.05, 0) is 40.7 Å². The summed E-state index contributed by atoms with van der Waals surface area (Å²) in [6.07, 6.45) is 0. The number of amides is 1. The largest absolute Gasteiger partial charge is 0.486 e. The van der Waals surface area contributed by atoms with Gasteiger partial charge in [0, 0.05) is 23.2 Å². The number of rotatable bonds is 5. The highest BCUT2D eigenvalue weighted by molar-refractivity contribution is 9.10. The average Bonchev–Trinajstić information content (AvgIpc) is 2.68. The number of nitrogens with one attached hydrogen (secondary N) is 1. The van der Waals surface area contributed by atoms with E-state index in [1.165, 1.54) is 0 Å². The molecule has 0 aliphatic carbocycles. The molecule has 28 heavy (non-hydrogen) atoms. The summed E-state index contributed by atoms with van der Waals surface area (Å²) in [5, 5.41) is 2.92. The van der Waals surface area contributed by atoms with Crippen LogP contribution in [0, 0.1) is 0 Å². The summed E-state index contributed by atoms with van der Waals surface area (Å²) >= 11 is 3.47. The number of ether oxygens (including phenoxy) is 4. The maximum Gasteiger partial charge on any atom is 0.238 e. The van der Waals surface area contributed by atoms with Crippen molar-refractivity contribution in [1.29, 1.82) is 0 Å². The molecule has 1 N–H and O–H groups in total. The van der Waals surface area contributed by atoms with Crippen LogP contribution in [0.5, 0.6) is 23.0 Å². The second kappa shape index (κ2) is 8.28. The predicted octanol–water partition coefficient (Wildman–Crippen LogP) is 3.06. The van der Waals surface area contributed by atoms with Gasteiger partial charge >= 0.3 is 0 Å². The number of halogens is 1. The molecule has 0 saturated heterocycles. The van der Waals surface area contributed by atoms with Gasteiger partial charge in [0.25, 0.3) is 0 Å². The highest BCUT2D eigenvalue weighted by Gasteiger charge is 2.17. The quantitative estimate of drug-likeness (QED) is 0.757.